The number of nitrogens with zero attached hydrogens (tertiary/aromatic N) is 2. The van der Waals surface area contributed by atoms with Gasteiger partial charge in [-0.25, -0.2) is 4.90 Å². The molecule has 0 atom stereocenters. The van der Waals surface area contributed by atoms with Crippen molar-refractivity contribution in [3.05, 3.63) is 48.0 Å². The van der Waals surface area contributed by atoms with Gasteiger partial charge in [0.05, 0.1) is 14.1 Å². The number of halogens is 1. The van der Waals surface area contributed by atoms with Gasteiger partial charge in [-0.1, -0.05) is 30.3 Å². The average Bonchev–Trinajstić information content (AvgIpc) is 2.61. The summed E-state index contributed by atoms with van der Waals surface area (Å²) in [6, 6.07) is 10.0. The molecule has 0 radical (unpaired) electrons. The largest absolute Gasteiger partial charge is 1.00 e. The molecule has 4 nitrogen and oxygen atoms in total. The minimum Gasteiger partial charge on any atom is -1.00 e. The maximum absolute atomic E-state index is 11.5. The monoisotopic (exact) mass is 324 g/mol. The van der Waals surface area contributed by atoms with Crippen LogP contribution in [0.5, 0.6) is 0 Å². The highest BCUT2D eigenvalue weighted by molar-refractivity contribution is 6.12. The first-order valence-electron chi connectivity index (χ1n) is 5.87. The quantitative estimate of drug-likeness (QED) is 0.482. The fourth-order valence-electron chi connectivity index (χ4n) is 2.08. The number of benzene rings is 1. The smallest absolute Gasteiger partial charge is 0.258 e. The van der Waals surface area contributed by atoms with Crippen molar-refractivity contribution < 1.29 is 31.1 Å². The molecule has 0 bridgehead atoms. The van der Waals surface area contributed by atoms with Gasteiger partial charge >= 0.3 is 0 Å². The van der Waals surface area contributed by atoms with Crippen molar-refractivity contribution in [2.24, 2.45) is 0 Å². The Hall–Kier alpha value is -1.46. The molecule has 19 heavy (non-hydrogen) atoms. The van der Waals surface area contributed by atoms with E-state index >= 15 is 0 Å². The minimum absolute atomic E-state index is 0. The second-order valence-corrected chi connectivity index (χ2v) is 5.16. The average molecular weight is 325 g/mol. The van der Waals surface area contributed by atoms with Crippen LogP contribution in [0.15, 0.2) is 42.5 Å². The second kappa shape index (κ2) is 6.12. The fourth-order valence-corrected chi connectivity index (χ4v) is 2.08. The standard InChI is InChI=1S/C14H17N2O2.BrH/c1-16(2,10-12-6-4-3-5-7-12)11-15-13(17)8-9-14(15)18;/h3-9H,10-11H2,1-2H3;1H/q+1;/p-1. The lowest BCUT2D eigenvalue weighted by atomic mass is 10.2. The highest BCUT2D eigenvalue weighted by Gasteiger charge is 2.30. The minimum atomic E-state index is -0.223. The third-order valence-electron chi connectivity index (χ3n) is 2.88. The van der Waals surface area contributed by atoms with Gasteiger partial charge in [0.2, 0.25) is 0 Å². The lowest BCUT2D eigenvalue weighted by Crippen LogP contribution is -3.00. The third kappa shape index (κ3) is 4.01. The van der Waals surface area contributed by atoms with Crippen LogP contribution in [0.1, 0.15) is 5.56 Å². The number of imide groups is 1. The van der Waals surface area contributed by atoms with Gasteiger partial charge in [-0.2, -0.15) is 0 Å². The first-order chi connectivity index (χ1) is 8.48. The summed E-state index contributed by atoms with van der Waals surface area (Å²) in [6.45, 7) is 1.16. The first-order valence-corrected chi connectivity index (χ1v) is 5.87. The summed E-state index contributed by atoms with van der Waals surface area (Å²) in [7, 11) is 4.01. The topological polar surface area (TPSA) is 37.4 Å². The van der Waals surface area contributed by atoms with Crippen molar-refractivity contribution >= 4 is 11.8 Å². The van der Waals surface area contributed by atoms with E-state index in [9.17, 15) is 9.59 Å². The third-order valence-corrected chi connectivity index (χ3v) is 2.88. The van der Waals surface area contributed by atoms with Crippen molar-refractivity contribution in [2.75, 3.05) is 20.8 Å². The Morgan fingerprint density at radius 2 is 1.53 bits per heavy atom. The van der Waals surface area contributed by atoms with Gasteiger partial charge in [-0.05, 0) is 0 Å². The van der Waals surface area contributed by atoms with E-state index in [0.717, 1.165) is 6.54 Å². The molecular weight excluding hydrogens is 308 g/mol. The molecule has 102 valence electrons. The highest BCUT2D eigenvalue weighted by atomic mass is 79.9. The van der Waals surface area contributed by atoms with Gasteiger partial charge in [0.15, 0.2) is 6.67 Å². The van der Waals surface area contributed by atoms with E-state index in [1.807, 2.05) is 44.4 Å². The van der Waals surface area contributed by atoms with E-state index < -0.39 is 0 Å². The molecule has 0 spiro atoms. The summed E-state index contributed by atoms with van der Waals surface area (Å²) in [5.74, 6) is -0.446. The second-order valence-electron chi connectivity index (χ2n) is 5.16. The van der Waals surface area contributed by atoms with Gasteiger partial charge in [0.1, 0.15) is 6.54 Å². The zero-order valence-electron chi connectivity index (χ0n) is 11.0. The van der Waals surface area contributed by atoms with Crippen molar-refractivity contribution in [1.29, 1.82) is 0 Å². The normalized spacial score (nSPS) is 14.7. The molecule has 0 saturated carbocycles. The molecule has 0 unspecified atom stereocenters. The molecule has 0 aromatic heterocycles. The molecule has 0 aliphatic carbocycles. The fraction of sp³-hybridized carbons (Fsp3) is 0.286. The Morgan fingerprint density at radius 1 is 1.00 bits per heavy atom. The molecule has 1 aromatic rings. The van der Waals surface area contributed by atoms with Gasteiger partial charge in [-0.3, -0.25) is 9.59 Å². The molecule has 2 rings (SSSR count). The maximum atomic E-state index is 11.5. The van der Waals surface area contributed by atoms with Crippen LogP contribution in [0, 0.1) is 0 Å². The van der Waals surface area contributed by atoms with Gasteiger partial charge in [-0.15, -0.1) is 0 Å². The molecule has 5 heteroatoms. The number of quaternary nitrogens is 1. The Morgan fingerprint density at radius 3 is 2.05 bits per heavy atom. The van der Waals surface area contributed by atoms with E-state index in [0.29, 0.717) is 11.2 Å². The van der Waals surface area contributed by atoms with Gasteiger partial charge < -0.3 is 21.5 Å². The van der Waals surface area contributed by atoms with Crippen LogP contribution in [-0.2, 0) is 16.1 Å². The van der Waals surface area contributed by atoms with Crippen LogP contribution in [0.25, 0.3) is 0 Å². The molecule has 0 N–H and O–H groups in total. The summed E-state index contributed by atoms with van der Waals surface area (Å²) >= 11 is 0. The molecular formula is C14H17BrN2O2. The van der Waals surface area contributed by atoms with Crippen molar-refractivity contribution in [3.63, 3.8) is 0 Å². The van der Waals surface area contributed by atoms with E-state index in [4.69, 9.17) is 0 Å². The first kappa shape index (κ1) is 15.6. The van der Waals surface area contributed by atoms with Crippen LogP contribution in [-0.4, -0.2) is 42.0 Å². The van der Waals surface area contributed by atoms with E-state index in [1.165, 1.54) is 22.6 Å². The number of amides is 2. The van der Waals surface area contributed by atoms with Gasteiger partial charge in [0.25, 0.3) is 11.8 Å². The van der Waals surface area contributed by atoms with Crippen LogP contribution in [0.2, 0.25) is 0 Å². The van der Waals surface area contributed by atoms with E-state index in [1.54, 1.807) is 0 Å². The Labute approximate surface area is 123 Å². The van der Waals surface area contributed by atoms with Gasteiger partial charge in [0, 0.05) is 17.7 Å². The molecule has 0 fully saturated rings. The molecule has 0 saturated heterocycles. The molecule has 1 heterocycles. The summed E-state index contributed by atoms with van der Waals surface area (Å²) < 4.78 is 0.559. The number of rotatable bonds is 4. The van der Waals surface area contributed by atoms with Crippen molar-refractivity contribution in [2.45, 2.75) is 6.54 Å². The number of carbonyl (C=O) groups excluding carboxylic acids is 2. The summed E-state index contributed by atoms with van der Waals surface area (Å²) in [4.78, 5) is 24.3. The Bertz CT molecular complexity index is 479. The summed E-state index contributed by atoms with van der Waals surface area (Å²) in [5, 5.41) is 0. The highest BCUT2D eigenvalue weighted by Crippen LogP contribution is 2.13. The van der Waals surface area contributed by atoms with Crippen molar-refractivity contribution in [1.82, 2.24) is 4.90 Å². The Balaban J connectivity index is 0.00000180. The predicted octanol–water partition coefficient (Wildman–Crippen LogP) is -1.85. The van der Waals surface area contributed by atoms with Crippen LogP contribution < -0.4 is 17.0 Å². The lowest BCUT2D eigenvalue weighted by Gasteiger charge is -2.32. The SMILES string of the molecule is C[N+](C)(Cc1ccccc1)CN1C(=O)C=CC1=O.[Br-]. The Kier molecular flexibility index (Phi) is 5.03. The van der Waals surface area contributed by atoms with E-state index in [2.05, 4.69) is 0 Å². The zero-order valence-corrected chi connectivity index (χ0v) is 12.6. The van der Waals surface area contributed by atoms with Crippen molar-refractivity contribution in [3.8, 4) is 0 Å². The van der Waals surface area contributed by atoms with Crippen LogP contribution in [0.4, 0.5) is 0 Å². The molecule has 1 aliphatic rings. The maximum Gasteiger partial charge on any atom is 0.258 e. The summed E-state index contributed by atoms with van der Waals surface area (Å²) in [6.07, 6.45) is 2.65. The zero-order chi connectivity index (χ0) is 13.2. The number of hydrogen-bond acceptors (Lipinski definition) is 2. The van der Waals surface area contributed by atoms with Crippen LogP contribution in [0.3, 0.4) is 0 Å². The lowest BCUT2D eigenvalue weighted by molar-refractivity contribution is -0.910. The molecule has 2 amide bonds. The summed E-state index contributed by atoms with van der Waals surface area (Å²) in [5.41, 5.74) is 1.19. The molecule has 1 aromatic carbocycles. The van der Waals surface area contributed by atoms with Crippen LogP contribution >= 0.6 is 0 Å². The number of hydrogen-bond donors (Lipinski definition) is 0. The van der Waals surface area contributed by atoms with E-state index in [-0.39, 0.29) is 28.8 Å². The predicted molar refractivity (Wildman–Crippen MR) is 68.1 cm³/mol. The molecule has 1 aliphatic heterocycles. The number of carbonyl (C=O) groups is 2.